The van der Waals surface area contributed by atoms with Gasteiger partial charge in [0.05, 0.1) is 18.3 Å². The van der Waals surface area contributed by atoms with Crippen LogP contribution in [0.1, 0.15) is 98.8 Å². The lowest BCUT2D eigenvalue weighted by Crippen LogP contribution is -2.26. The van der Waals surface area contributed by atoms with Crippen LogP contribution in [0.2, 0.25) is 0 Å². The first-order chi connectivity index (χ1) is 15.7. The zero-order valence-electron chi connectivity index (χ0n) is 21.7. The molecule has 0 aliphatic carbocycles. The van der Waals surface area contributed by atoms with Gasteiger partial charge in [0.1, 0.15) is 0 Å². The van der Waals surface area contributed by atoms with E-state index in [4.69, 9.17) is 9.84 Å². The molecule has 0 saturated carbocycles. The molecule has 0 aromatic rings. The van der Waals surface area contributed by atoms with Crippen molar-refractivity contribution in [1.29, 1.82) is 0 Å². The van der Waals surface area contributed by atoms with Crippen LogP contribution in [0.5, 0.6) is 0 Å². The number of unbranched alkanes of at least 4 members (excludes halogenated alkanes) is 1. The molecule has 0 amide bonds. The summed E-state index contributed by atoms with van der Waals surface area (Å²) in [6, 6.07) is 0. The van der Waals surface area contributed by atoms with Crippen LogP contribution < -0.4 is 0 Å². The minimum atomic E-state index is -0.962. The maximum atomic E-state index is 11.0. The molecule has 3 nitrogen and oxygen atoms in total. The molecule has 1 atom stereocenters. The first-order valence-corrected chi connectivity index (χ1v) is 12.5. The van der Waals surface area contributed by atoms with E-state index in [0.29, 0.717) is 13.0 Å². The number of rotatable bonds is 14. The molecule has 0 spiro atoms. The van der Waals surface area contributed by atoms with Gasteiger partial charge in [0.15, 0.2) is 0 Å². The minimum absolute atomic E-state index is 0.165. The molecule has 3 heteroatoms. The monoisotopic (exact) mass is 454 g/mol. The quantitative estimate of drug-likeness (QED) is 0.162. The Morgan fingerprint density at radius 3 is 1.85 bits per heavy atom. The van der Waals surface area contributed by atoms with Crippen molar-refractivity contribution in [2.45, 2.75) is 105 Å². The lowest BCUT2D eigenvalue weighted by molar-refractivity contribution is -0.134. The van der Waals surface area contributed by atoms with Gasteiger partial charge in [-0.25, -0.2) is 4.79 Å². The normalized spacial score (nSPS) is 19.0. The highest BCUT2D eigenvalue weighted by Gasteiger charge is 2.23. The lowest BCUT2D eigenvalue weighted by atomic mass is 9.98. The Kier molecular flexibility index (Phi) is 14.4. The Bertz CT molecular complexity index is 775. The molecule has 33 heavy (non-hydrogen) atoms. The van der Waals surface area contributed by atoms with Crippen LogP contribution in [0.25, 0.3) is 0 Å². The highest BCUT2D eigenvalue weighted by Crippen LogP contribution is 2.23. The first kappa shape index (κ1) is 28.9. The Labute approximate surface area is 202 Å². The van der Waals surface area contributed by atoms with Crippen molar-refractivity contribution in [3.05, 3.63) is 70.4 Å². The zero-order chi connectivity index (χ0) is 24.6. The van der Waals surface area contributed by atoms with E-state index in [0.717, 1.165) is 51.4 Å². The Balaban J connectivity index is 2.23. The van der Waals surface area contributed by atoms with Crippen molar-refractivity contribution in [3.63, 3.8) is 0 Å². The van der Waals surface area contributed by atoms with Gasteiger partial charge in [0.25, 0.3) is 0 Å². The summed E-state index contributed by atoms with van der Waals surface area (Å²) in [7, 11) is 0. The number of carboxylic acids is 1. The summed E-state index contributed by atoms with van der Waals surface area (Å²) in [5.41, 5.74) is 7.28. The highest BCUT2D eigenvalue weighted by molar-refractivity contribution is 5.86. The van der Waals surface area contributed by atoms with Gasteiger partial charge in [-0.05, 0) is 104 Å². The summed E-state index contributed by atoms with van der Waals surface area (Å²) >= 11 is 0. The minimum Gasteiger partial charge on any atom is -0.478 e. The van der Waals surface area contributed by atoms with Gasteiger partial charge < -0.3 is 9.84 Å². The fraction of sp³-hybridized carbons (Fsp3) is 0.567. The van der Waals surface area contributed by atoms with Gasteiger partial charge in [-0.15, -0.1) is 0 Å². The van der Waals surface area contributed by atoms with Crippen molar-refractivity contribution in [3.8, 4) is 0 Å². The predicted octanol–water partition coefficient (Wildman–Crippen LogP) is 8.66. The van der Waals surface area contributed by atoms with Crippen molar-refractivity contribution in [1.82, 2.24) is 0 Å². The summed E-state index contributed by atoms with van der Waals surface area (Å²) in [6.45, 7) is 15.2. The molecule has 0 bridgehead atoms. The number of hydrogen-bond acceptors (Lipinski definition) is 2. The average Bonchev–Trinajstić information content (AvgIpc) is 2.76. The molecule has 0 unspecified atom stereocenters. The van der Waals surface area contributed by atoms with Gasteiger partial charge in [0.2, 0.25) is 0 Å². The fourth-order valence-corrected chi connectivity index (χ4v) is 3.86. The van der Waals surface area contributed by atoms with Crippen LogP contribution in [0, 0.1) is 0 Å². The van der Waals surface area contributed by atoms with Gasteiger partial charge >= 0.3 is 5.97 Å². The summed E-state index contributed by atoms with van der Waals surface area (Å²) < 4.78 is 5.66. The maximum Gasteiger partial charge on any atom is 0.333 e. The average molecular weight is 455 g/mol. The van der Waals surface area contributed by atoms with Crippen molar-refractivity contribution >= 4 is 5.97 Å². The van der Waals surface area contributed by atoms with Gasteiger partial charge in [0, 0.05) is 0 Å². The summed E-state index contributed by atoms with van der Waals surface area (Å²) in [5, 5.41) is 9.01. The second-order valence-corrected chi connectivity index (χ2v) is 9.66. The van der Waals surface area contributed by atoms with Gasteiger partial charge in [-0.2, -0.15) is 0 Å². The standard InChI is InChI=1S/C30H46O3/c1-23(2)12-9-14-25(4)16-11-18-26(5)17-10-15-24(3)13-7-8-19-28-20-21-29(33-22-28)27(6)30(31)32/h12-13,16-17,19,29H,6-11,14-15,18,20-22H2,1-5H3,(H,31,32)/b24-13+,25-16+,26-17+,28-19-/t29-/m1/s1. The second-order valence-electron chi connectivity index (χ2n) is 9.66. The van der Waals surface area contributed by atoms with E-state index in [9.17, 15) is 4.79 Å². The van der Waals surface area contributed by atoms with E-state index in [-0.39, 0.29) is 11.7 Å². The number of carbonyl (C=O) groups is 1. The predicted molar refractivity (Wildman–Crippen MR) is 141 cm³/mol. The van der Waals surface area contributed by atoms with Crippen molar-refractivity contribution in [2.24, 2.45) is 0 Å². The van der Waals surface area contributed by atoms with E-state index in [1.54, 1.807) is 0 Å². The molecule has 0 aromatic heterocycles. The molecule has 1 rings (SSSR count). The largest absolute Gasteiger partial charge is 0.478 e. The topological polar surface area (TPSA) is 46.5 Å². The zero-order valence-corrected chi connectivity index (χ0v) is 21.7. The Morgan fingerprint density at radius 2 is 1.39 bits per heavy atom. The number of aliphatic carboxylic acids is 1. The summed E-state index contributed by atoms with van der Waals surface area (Å²) in [5.74, 6) is -0.962. The Hall–Kier alpha value is -2.13. The van der Waals surface area contributed by atoms with Crippen LogP contribution >= 0.6 is 0 Å². The molecule has 1 heterocycles. The number of hydrogen-bond donors (Lipinski definition) is 1. The molecule has 1 saturated heterocycles. The van der Waals surface area contributed by atoms with Gasteiger partial charge in [-0.3, -0.25) is 0 Å². The Morgan fingerprint density at radius 1 is 0.879 bits per heavy atom. The molecule has 0 aromatic carbocycles. The SMILES string of the molecule is C=C(C(=O)O)[C@H]1CC/C(=C/CC/C=C(\C)CC/C=C(\C)CC/C=C(\C)CCC=C(C)C)CO1. The van der Waals surface area contributed by atoms with E-state index in [2.05, 4.69) is 71.6 Å². The molecule has 184 valence electrons. The first-order valence-electron chi connectivity index (χ1n) is 12.5. The molecule has 1 aliphatic rings. The maximum absolute atomic E-state index is 11.0. The summed E-state index contributed by atoms with van der Waals surface area (Å²) in [6.07, 6.45) is 21.9. The fourth-order valence-electron chi connectivity index (χ4n) is 3.86. The van der Waals surface area contributed by atoms with Gasteiger partial charge in [-0.1, -0.05) is 59.3 Å². The number of ether oxygens (including phenoxy) is 1. The third-order valence-corrected chi connectivity index (χ3v) is 6.11. The molecule has 1 fully saturated rings. The van der Waals surface area contributed by atoms with Crippen molar-refractivity contribution in [2.75, 3.05) is 6.61 Å². The number of carboxylic acid groups (broad SMARTS) is 1. The molecular formula is C30H46O3. The second kappa shape index (κ2) is 16.5. The molecular weight excluding hydrogens is 408 g/mol. The van der Waals surface area contributed by atoms with E-state index in [1.165, 1.54) is 34.3 Å². The smallest absolute Gasteiger partial charge is 0.333 e. The van der Waals surface area contributed by atoms with E-state index >= 15 is 0 Å². The van der Waals surface area contributed by atoms with Crippen LogP contribution in [0.3, 0.4) is 0 Å². The van der Waals surface area contributed by atoms with Crippen LogP contribution in [-0.2, 0) is 9.53 Å². The van der Waals surface area contributed by atoms with Crippen LogP contribution in [0.4, 0.5) is 0 Å². The summed E-state index contributed by atoms with van der Waals surface area (Å²) in [4.78, 5) is 11.0. The van der Waals surface area contributed by atoms with Crippen molar-refractivity contribution < 1.29 is 14.6 Å². The highest BCUT2D eigenvalue weighted by atomic mass is 16.5. The molecule has 1 aliphatic heterocycles. The van der Waals surface area contributed by atoms with Crippen LogP contribution in [-0.4, -0.2) is 23.8 Å². The molecule has 0 radical (unpaired) electrons. The lowest BCUT2D eigenvalue weighted by Gasteiger charge is -2.24. The third-order valence-electron chi connectivity index (χ3n) is 6.11. The number of allylic oxidation sites excluding steroid dienone is 9. The van der Waals surface area contributed by atoms with E-state index in [1.807, 2.05) is 0 Å². The molecule has 1 N–H and O–H groups in total. The van der Waals surface area contributed by atoms with Crippen LogP contribution in [0.15, 0.2) is 70.4 Å². The third kappa shape index (κ3) is 13.9. The van der Waals surface area contributed by atoms with E-state index < -0.39 is 5.97 Å².